The Morgan fingerprint density at radius 3 is 1.81 bits per heavy atom. The van der Waals surface area contributed by atoms with Crippen LogP contribution in [-0.2, 0) is 0 Å². The highest BCUT2D eigenvalue weighted by Gasteiger charge is 2.23. The van der Waals surface area contributed by atoms with E-state index < -0.39 is 0 Å². The first-order valence-electron chi connectivity index (χ1n) is 15.8. The molecule has 0 saturated heterocycles. The number of hydrogen-bond donors (Lipinski definition) is 0. The summed E-state index contributed by atoms with van der Waals surface area (Å²) < 4.78 is 7.06. The summed E-state index contributed by atoms with van der Waals surface area (Å²) in [6.07, 6.45) is 7.53. The summed E-state index contributed by atoms with van der Waals surface area (Å²) in [4.78, 5) is 14.2. The molecular weight excluding hydrogens is 576 g/mol. The number of aromatic nitrogens is 6. The first kappa shape index (κ1) is 24.8. The van der Waals surface area contributed by atoms with Crippen LogP contribution < -0.4 is 0 Å². The predicted octanol–water partition coefficient (Wildman–Crippen LogP) is 9.78. The highest BCUT2D eigenvalue weighted by Crippen LogP contribution is 2.44. The minimum atomic E-state index is 0.873. The molecular formula is C41H24N6. The van der Waals surface area contributed by atoms with Gasteiger partial charge in [-0.2, -0.15) is 0 Å². The maximum Gasteiger partial charge on any atom is 0.146 e. The monoisotopic (exact) mass is 600 g/mol. The molecule has 0 aliphatic carbocycles. The second-order valence-corrected chi connectivity index (χ2v) is 12.2. The van der Waals surface area contributed by atoms with Gasteiger partial charge in [0, 0.05) is 62.3 Å². The summed E-state index contributed by atoms with van der Waals surface area (Å²) in [6, 6.07) is 43.5. The van der Waals surface area contributed by atoms with Crippen LogP contribution in [0.15, 0.2) is 146 Å². The third kappa shape index (κ3) is 3.21. The van der Waals surface area contributed by atoms with Crippen molar-refractivity contribution in [3.8, 4) is 11.4 Å². The molecule has 47 heavy (non-hydrogen) atoms. The standard InChI is InChI=1S/C41H24N6/c1-3-9-25(10-4-1)45-33-14-8-7-13-27(33)39-36(45)15-16-37-40(39)30-21-29-28(22-38(30)46(37)26-11-5-2-6-12-26)31-23-42-19-17-34(31)47-35-18-20-43-24-32(35)44-41(29)47/h1-24H. The molecule has 0 unspecified atom stereocenters. The molecule has 0 bridgehead atoms. The molecule has 6 heterocycles. The first-order valence-corrected chi connectivity index (χ1v) is 15.8. The number of imidazole rings is 1. The molecule has 5 aromatic carbocycles. The Kier molecular flexibility index (Phi) is 4.75. The van der Waals surface area contributed by atoms with E-state index in [9.17, 15) is 0 Å². The van der Waals surface area contributed by atoms with Crippen LogP contribution in [0.1, 0.15) is 0 Å². The lowest BCUT2D eigenvalue weighted by atomic mass is 10.0. The molecule has 0 amide bonds. The average molecular weight is 601 g/mol. The fraction of sp³-hybridized carbons (Fsp3) is 0. The zero-order valence-corrected chi connectivity index (χ0v) is 25.0. The van der Waals surface area contributed by atoms with E-state index in [1.54, 1.807) is 0 Å². The van der Waals surface area contributed by atoms with E-state index in [-0.39, 0.29) is 0 Å². The van der Waals surface area contributed by atoms with E-state index in [4.69, 9.17) is 4.98 Å². The molecule has 6 nitrogen and oxygen atoms in total. The van der Waals surface area contributed by atoms with Crippen molar-refractivity contribution in [3.63, 3.8) is 0 Å². The lowest BCUT2D eigenvalue weighted by molar-refractivity contribution is 1.17. The Hall–Kier alpha value is -6.53. The van der Waals surface area contributed by atoms with Gasteiger partial charge in [0.25, 0.3) is 0 Å². The van der Waals surface area contributed by atoms with Crippen molar-refractivity contribution < 1.29 is 0 Å². The number of pyridine rings is 3. The number of fused-ring (bicyclic) bond motifs is 15. The Labute approximate surface area is 267 Å². The van der Waals surface area contributed by atoms with E-state index in [2.05, 4.69) is 139 Å². The number of benzene rings is 5. The van der Waals surface area contributed by atoms with Gasteiger partial charge in [-0.3, -0.25) is 14.4 Å². The van der Waals surface area contributed by atoms with Crippen LogP contribution in [0, 0.1) is 0 Å². The van der Waals surface area contributed by atoms with Gasteiger partial charge in [-0.15, -0.1) is 0 Å². The summed E-state index contributed by atoms with van der Waals surface area (Å²) in [7, 11) is 0. The molecule has 0 spiro atoms. The molecule has 6 aromatic heterocycles. The lowest BCUT2D eigenvalue weighted by Gasteiger charge is -2.11. The van der Waals surface area contributed by atoms with Crippen LogP contribution in [0.3, 0.4) is 0 Å². The highest BCUT2D eigenvalue weighted by molar-refractivity contribution is 6.31. The molecule has 11 rings (SSSR count). The fourth-order valence-corrected chi connectivity index (χ4v) is 7.88. The van der Waals surface area contributed by atoms with Crippen molar-refractivity contribution in [2.45, 2.75) is 0 Å². The first-order chi connectivity index (χ1) is 23.3. The largest absolute Gasteiger partial charge is 0.309 e. The number of nitrogens with zero attached hydrogens (tertiary/aromatic N) is 6. The predicted molar refractivity (Wildman–Crippen MR) is 192 cm³/mol. The van der Waals surface area contributed by atoms with Gasteiger partial charge >= 0.3 is 0 Å². The van der Waals surface area contributed by atoms with Gasteiger partial charge in [-0.1, -0.05) is 54.6 Å². The summed E-state index contributed by atoms with van der Waals surface area (Å²) in [5.74, 6) is 0. The van der Waals surface area contributed by atoms with Gasteiger partial charge in [0.2, 0.25) is 0 Å². The van der Waals surface area contributed by atoms with E-state index in [0.717, 1.165) is 55.2 Å². The summed E-state index contributed by atoms with van der Waals surface area (Å²) in [6.45, 7) is 0. The van der Waals surface area contributed by atoms with Gasteiger partial charge < -0.3 is 9.13 Å². The minimum absolute atomic E-state index is 0.873. The molecule has 11 aromatic rings. The van der Waals surface area contributed by atoms with Gasteiger partial charge in [0.05, 0.1) is 39.3 Å². The van der Waals surface area contributed by atoms with E-state index >= 15 is 0 Å². The molecule has 0 radical (unpaired) electrons. The lowest BCUT2D eigenvalue weighted by Crippen LogP contribution is -1.95. The number of para-hydroxylation sites is 3. The zero-order valence-electron chi connectivity index (χ0n) is 25.0. The smallest absolute Gasteiger partial charge is 0.146 e. The molecule has 0 atom stereocenters. The topological polar surface area (TPSA) is 52.9 Å². The van der Waals surface area contributed by atoms with Crippen LogP contribution in [-0.4, -0.2) is 28.5 Å². The van der Waals surface area contributed by atoms with Gasteiger partial charge in [0.15, 0.2) is 0 Å². The maximum absolute atomic E-state index is 5.17. The molecule has 0 fully saturated rings. The average Bonchev–Trinajstić information content (AvgIpc) is 3.79. The Morgan fingerprint density at radius 2 is 1.04 bits per heavy atom. The highest BCUT2D eigenvalue weighted by atomic mass is 15.0. The van der Waals surface area contributed by atoms with Gasteiger partial charge in [-0.05, 0) is 72.1 Å². The molecule has 6 heteroatoms. The van der Waals surface area contributed by atoms with E-state index in [0.29, 0.717) is 0 Å². The van der Waals surface area contributed by atoms with Gasteiger partial charge in [-0.25, -0.2) is 4.98 Å². The van der Waals surface area contributed by atoms with Crippen molar-refractivity contribution in [3.05, 3.63) is 146 Å². The van der Waals surface area contributed by atoms with Crippen LogP contribution in [0.25, 0.3) is 93.3 Å². The summed E-state index contributed by atoms with van der Waals surface area (Å²) in [5, 5.41) is 8.20. The molecule has 0 N–H and O–H groups in total. The van der Waals surface area contributed by atoms with Crippen LogP contribution in [0.2, 0.25) is 0 Å². The second kappa shape index (κ2) is 9.02. The van der Waals surface area contributed by atoms with Crippen molar-refractivity contribution >= 4 is 82.0 Å². The Balaban J connectivity index is 1.42. The van der Waals surface area contributed by atoms with Crippen LogP contribution in [0.5, 0.6) is 0 Å². The zero-order chi connectivity index (χ0) is 30.6. The molecule has 0 saturated carbocycles. The Morgan fingerprint density at radius 1 is 0.404 bits per heavy atom. The normalized spacial score (nSPS) is 12.3. The van der Waals surface area contributed by atoms with Crippen molar-refractivity contribution in [2.24, 2.45) is 0 Å². The maximum atomic E-state index is 5.17. The quantitative estimate of drug-likeness (QED) is 0.186. The number of rotatable bonds is 2. The van der Waals surface area contributed by atoms with Crippen LogP contribution in [0.4, 0.5) is 0 Å². The number of hydrogen-bond acceptors (Lipinski definition) is 3. The van der Waals surface area contributed by atoms with Crippen LogP contribution >= 0.6 is 0 Å². The summed E-state index contributed by atoms with van der Waals surface area (Å²) >= 11 is 0. The molecule has 0 aliphatic rings. The van der Waals surface area contributed by atoms with Crippen molar-refractivity contribution in [2.75, 3.05) is 0 Å². The van der Waals surface area contributed by atoms with Crippen molar-refractivity contribution in [1.29, 1.82) is 0 Å². The third-order valence-corrected chi connectivity index (χ3v) is 9.76. The van der Waals surface area contributed by atoms with E-state index in [1.165, 1.54) is 38.1 Å². The Bertz CT molecular complexity index is 3060. The fourth-order valence-electron chi connectivity index (χ4n) is 7.88. The van der Waals surface area contributed by atoms with Crippen molar-refractivity contribution in [1.82, 2.24) is 28.5 Å². The molecule has 218 valence electrons. The minimum Gasteiger partial charge on any atom is -0.309 e. The molecule has 0 aliphatic heterocycles. The van der Waals surface area contributed by atoms with Gasteiger partial charge in [0.1, 0.15) is 11.2 Å². The van der Waals surface area contributed by atoms with E-state index in [1.807, 2.05) is 30.9 Å². The second-order valence-electron chi connectivity index (χ2n) is 12.2. The summed E-state index contributed by atoms with van der Waals surface area (Å²) in [5.41, 5.74) is 10.9. The SMILES string of the molecule is c1ccc(-n2c3ccccc3c3c4c5cc6c(cc5n(-c5ccccc5)c4ccc32)c2cnccc2n2c3ccncc3nc62)cc1. The third-order valence-electron chi connectivity index (χ3n) is 9.76.